The van der Waals surface area contributed by atoms with Crippen LogP contribution < -0.4 is 0 Å². The van der Waals surface area contributed by atoms with Gasteiger partial charge in [-0.3, -0.25) is 0 Å². The van der Waals surface area contributed by atoms with Crippen LogP contribution >= 0.6 is 15.9 Å². The van der Waals surface area contributed by atoms with Crippen LogP contribution in [0.25, 0.3) is 0 Å². The van der Waals surface area contributed by atoms with Gasteiger partial charge in [0.05, 0.1) is 12.7 Å². The molecule has 8 nitrogen and oxygen atoms in total. The summed E-state index contributed by atoms with van der Waals surface area (Å²) in [5.74, 6) is -1.88. The van der Waals surface area contributed by atoms with Crippen LogP contribution in [0.3, 0.4) is 0 Å². The minimum Gasteiger partial charge on any atom is -0.475 e. The van der Waals surface area contributed by atoms with Crippen molar-refractivity contribution in [2.75, 3.05) is 27.3 Å². The molecule has 0 aliphatic carbocycles. The molecule has 1 heterocycles. The third-order valence-corrected chi connectivity index (χ3v) is 5.06. The third kappa shape index (κ3) is 3.79. The molecular formula is C10H14BrNO7S. The summed E-state index contributed by atoms with van der Waals surface area (Å²) in [5.41, 5.74) is 0. The Labute approximate surface area is 124 Å². The van der Waals surface area contributed by atoms with Gasteiger partial charge in [0.25, 0.3) is 0 Å². The zero-order chi connectivity index (χ0) is 15.5. The molecule has 0 fully saturated rings. The van der Waals surface area contributed by atoms with Gasteiger partial charge >= 0.3 is 5.97 Å². The maximum atomic E-state index is 12.2. The number of furan rings is 1. The number of nitrogens with zero attached hydrogens (tertiary/aromatic N) is 1. The van der Waals surface area contributed by atoms with E-state index >= 15 is 0 Å². The standard InChI is InChI=1S/C10H14BrNO7S/c1-12(4-6(13)5-18-2)20(16,17)8-3-7(10(14)15)19-9(8)11/h3,6,13H,4-5H2,1-2H3,(H,14,15). The second-order valence-electron chi connectivity index (χ2n) is 3.95. The van der Waals surface area contributed by atoms with E-state index < -0.39 is 27.9 Å². The quantitative estimate of drug-likeness (QED) is 0.710. The molecule has 1 rings (SSSR count). The van der Waals surface area contributed by atoms with Crippen molar-refractivity contribution in [2.45, 2.75) is 11.0 Å². The number of hydrogen-bond acceptors (Lipinski definition) is 6. The maximum Gasteiger partial charge on any atom is 0.371 e. The molecule has 1 unspecified atom stereocenters. The number of sulfonamides is 1. The van der Waals surface area contributed by atoms with Gasteiger partial charge in [0.15, 0.2) is 4.67 Å². The number of carboxylic acid groups (broad SMARTS) is 1. The van der Waals surface area contributed by atoms with Crippen LogP contribution in [-0.4, -0.2) is 62.3 Å². The summed E-state index contributed by atoms with van der Waals surface area (Å²) >= 11 is 2.86. The lowest BCUT2D eigenvalue weighted by Crippen LogP contribution is -2.36. The van der Waals surface area contributed by atoms with Gasteiger partial charge in [-0.2, -0.15) is 4.31 Å². The monoisotopic (exact) mass is 371 g/mol. The zero-order valence-electron chi connectivity index (χ0n) is 10.7. The summed E-state index contributed by atoms with van der Waals surface area (Å²) in [6, 6.07) is 0.904. The predicted octanol–water partition coefficient (Wildman–Crippen LogP) is 0.368. The Kier molecular flexibility index (Phi) is 5.71. The van der Waals surface area contributed by atoms with E-state index in [1.54, 1.807) is 0 Å². The van der Waals surface area contributed by atoms with Crippen molar-refractivity contribution in [3.05, 3.63) is 16.5 Å². The maximum absolute atomic E-state index is 12.2. The first-order valence-electron chi connectivity index (χ1n) is 5.36. The van der Waals surface area contributed by atoms with Crippen LogP contribution in [0.4, 0.5) is 0 Å². The molecule has 2 N–H and O–H groups in total. The predicted molar refractivity (Wildman–Crippen MR) is 71.1 cm³/mol. The molecule has 0 amide bonds. The highest BCUT2D eigenvalue weighted by molar-refractivity contribution is 9.10. The number of aliphatic hydroxyl groups excluding tert-OH is 1. The van der Waals surface area contributed by atoms with E-state index in [-0.39, 0.29) is 22.7 Å². The molecule has 0 radical (unpaired) electrons. The summed E-state index contributed by atoms with van der Waals surface area (Å²) in [7, 11) is -1.35. The number of likely N-dealkylation sites (N-methyl/N-ethyl adjacent to an activating group) is 1. The topological polar surface area (TPSA) is 117 Å². The van der Waals surface area contributed by atoms with E-state index in [0.717, 1.165) is 10.4 Å². The summed E-state index contributed by atoms with van der Waals surface area (Å²) < 4.78 is 34.6. The normalized spacial score (nSPS) is 13.7. The van der Waals surface area contributed by atoms with E-state index in [1.165, 1.54) is 14.2 Å². The highest BCUT2D eigenvalue weighted by Crippen LogP contribution is 2.28. The van der Waals surface area contributed by atoms with Crippen molar-refractivity contribution in [2.24, 2.45) is 0 Å². The smallest absolute Gasteiger partial charge is 0.371 e. The van der Waals surface area contributed by atoms with Crippen molar-refractivity contribution in [3.8, 4) is 0 Å². The van der Waals surface area contributed by atoms with Crippen LogP contribution in [0.5, 0.6) is 0 Å². The van der Waals surface area contributed by atoms with E-state index in [1.807, 2.05) is 0 Å². The molecule has 0 saturated heterocycles. The van der Waals surface area contributed by atoms with Gasteiger partial charge in [-0.05, 0) is 15.9 Å². The Balaban J connectivity index is 3.01. The van der Waals surface area contributed by atoms with Gasteiger partial charge in [0.2, 0.25) is 15.8 Å². The lowest BCUT2D eigenvalue weighted by atomic mass is 10.4. The molecule has 0 spiro atoms. The Morgan fingerprint density at radius 3 is 2.65 bits per heavy atom. The number of ether oxygens (including phenoxy) is 1. The second-order valence-corrected chi connectivity index (χ2v) is 6.68. The van der Waals surface area contributed by atoms with Crippen LogP contribution in [0.1, 0.15) is 10.6 Å². The molecule has 1 atom stereocenters. The SMILES string of the molecule is COCC(O)CN(C)S(=O)(=O)c1cc(C(=O)O)oc1Br. The van der Waals surface area contributed by atoms with Crippen molar-refractivity contribution >= 4 is 31.9 Å². The van der Waals surface area contributed by atoms with Crippen LogP contribution in [0, 0.1) is 0 Å². The van der Waals surface area contributed by atoms with Gasteiger partial charge in [0.1, 0.15) is 4.90 Å². The first kappa shape index (κ1) is 17.1. The molecular weight excluding hydrogens is 358 g/mol. The molecule has 20 heavy (non-hydrogen) atoms. The van der Waals surface area contributed by atoms with Gasteiger partial charge in [-0.1, -0.05) is 0 Å². The molecule has 10 heteroatoms. The lowest BCUT2D eigenvalue weighted by molar-refractivity contribution is 0.0554. The number of rotatable bonds is 7. The average Bonchev–Trinajstić information content (AvgIpc) is 2.72. The lowest BCUT2D eigenvalue weighted by Gasteiger charge is -2.19. The summed E-state index contributed by atoms with van der Waals surface area (Å²) in [4.78, 5) is 10.4. The fraction of sp³-hybridized carbons (Fsp3) is 0.500. The second kappa shape index (κ2) is 6.68. The van der Waals surface area contributed by atoms with Crippen LogP contribution in [0.15, 0.2) is 20.0 Å². The molecule has 1 aromatic rings. The molecule has 0 aliphatic rings. The number of hydrogen-bond donors (Lipinski definition) is 2. The Morgan fingerprint density at radius 2 is 2.20 bits per heavy atom. The van der Waals surface area contributed by atoms with E-state index in [4.69, 9.17) is 14.3 Å². The number of carbonyl (C=O) groups is 1. The number of carboxylic acids is 1. The zero-order valence-corrected chi connectivity index (χ0v) is 13.1. The molecule has 0 aromatic carbocycles. The van der Waals surface area contributed by atoms with Crippen LogP contribution in [0.2, 0.25) is 0 Å². The number of aliphatic hydroxyl groups is 1. The van der Waals surface area contributed by atoms with Crippen molar-refractivity contribution in [3.63, 3.8) is 0 Å². The molecule has 0 aliphatic heterocycles. The van der Waals surface area contributed by atoms with Crippen molar-refractivity contribution in [1.29, 1.82) is 0 Å². The fourth-order valence-electron chi connectivity index (χ4n) is 1.44. The number of halogens is 1. The first-order valence-corrected chi connectivity index (χ1v) is 7.59. The Morgan fingerprint density at radius 1 is 1.60 bits per heavy atom. The summed E-state index contributed by atoms with van der Waals surface area (Å²) in [6.45, 7) is -0.219. The largest absolute Gasteiger partial charge is 0.475 e. The Bertz CT molecular complexity index is 582. The molecule has 0 saturated carbocycles. The van der Waals surface area contributed by atoms with Crippen LogP contribution in [-0.2, 0) is 14.8 Å². The summed E-state index contributed by atoms with van der Waals surface area (Å²) in [5, 5.41) is 18.3. The fourth-order valence-corrected chi connectivity index (χ4v) is 3.55. The van der Waals surface area contributed by atoms with Gasteiger partial charge in [-0.25, -0.2) is 13.2 Å². The minimum absolute atomic E-state index is 0.0210. The van der Waals surface area contributed by atoms with E-state index in [9.17, 15) is 18.3 Å². The highest BCUT2D eigenvalue weighted by atomic mass is 79.9. The van der Waals surface area contributed by atoms with E-state index in [2.05, 4.69) is 15.9 Å². The minimum atomic E-state index is -3.98. The highest BCUT2D eigenvalue weighted by Gasteiger charge is 2.29. The van der Waals surface area contributed by atoms with E-state index in [0.29, 0.717) is 0 Å². The van der Waals surface area contributed by atoms with Crippen molar-refractivity contribution in [1.82, 2.24) is 4.31 Å². The third-order valence-electron chi connectivity index (χ3n) is 2.38. The average molecular weight is 372 g/mol. The van der Waals surface area contributed by atoms with Gasteiger partial charge < -0.3 is 19.4 Å². The van der Waals surface area contributed by atoms with Gasteiger partial charge in [-0.15, -0.1) is 0 Å². The Hall–Kier alpha value is -0.940. The van der Waals surface area contributed by atoms with Crippen molar-refractivity contribution < 1.29 is 32.6 Å². The van der Waals surface area contributed by atoms with Gasteiger partial charge in [0, 0.05) is 26.8 Å². The molecule has 114 valence electrons. The number of aromatic carboxylic acids is 1. The summed E-state index contributed by atoms with van der Waals surface area (Å²) in [6.07, 6.45) is -0.996. The first-order chi connectivity index (χ1) is 9.20. The molecule has 1 aromatic heterocycles. The number of methoxy groups -OCH3 is 1. The molecule has 0 bridgehead atoms.